The van der Waals surface area contributed by atoms with Crippen LogP contribution >= 0.6 is 11.8 Å². The number of unbranched alkanes of at least 4 members (excludes halogenated alkanes) is 3. The molecule has 1 rings (SSSR count). The van der Waals surface area contributed by atoms with Gasteiger partial charge in [0.15, 0.2) is 0 Å². The molecule has 0 radical (unpaired) electrons. The van der Waals surface area contributed by atoms with Crippen LogP contribution in [-0.4, -0.2) is 17.2 Å². The van der Waals surface area contributed by atoms with Crippen molar-refractivity contribution in [2.24, 2.45) is 0 Å². The van der Waals surface area contributed by atoms with Crippen LogP contribution in [0.15, 0.2) is 0 Å². The number of carbonyl (C=O) groups excluding carboxylic acids is 1. The summed E-state index contributed by atoms with van der Waals surface area (Å²) in [6, 6.07) is 0. The van der Waals surface area contributed by atoms with Gasteiger partial charge >= 0.3 is 5.97 Å². The van der Waals surface area contributed by atoms with Crippen LogP contribution in [0, 0.1) is 0 Å². The summed E-state index contributed by atoms with van der Waals surface area (Å²) in [5.41, 5.74) is 0.161. The summed E-state index contributed by atoms with van der Waals surface area (Å²) in [6.07, 6.45) is 6.70. The number of hydrogen-bond donors (Lipinski definition) is 0. The second-order valence-corrected chi connectivity index (χ2v) is 4.66. The lowest BCUT2D eigenvalue weighted by Gasteiger charge is -2.07. The number of cyclic esters (lactones) is 1. The van der Waals surface area contributed by atoms with Gasteiger partial charge < -0.3 is 4.74 Å². The highest BCUT2D eigenvalue weighted by atomic mass is 32.2. The smallest absolute Gasteiger partial charge is 0.307 e. The Kier molecular flexibility index (Phi) is 5.28. The monoisotopic (exact) mass is 202 g/mol. The molecule has 3 heteroatoms. The van der Waals surface area contributed by atoms with Crippen LogP contribution < -0.4 is 0 Å². The number of rotatable bonds is 6. The molecule has 13 heavy (non-hydrogen) atoms. The molecule has 1 aliphatic heterocycles. The van der Waals surface area contributed by atoms with Gasteiger partial charge in [-0.15, -0.1) is 11.8 Å². The Morgan fingerprint density at radius 2 is 2.31 bits per heavy atom. The molecule has 0 bridgehead atoms. The highest BCUT2D eigenvalue weighted by Gasteiger charge is 2.22. The molecule has 0 N–H and O–H groups in total. The molecule has 1 heterocycles. The van der Waals surface area contributed by atoms with E-state index < -0.39 is 0 Å². The maximum atomic E-state index is 10.8. The normalized spacial score (nSPS) is 21.9. The number of thioether (sulfide) groups is 1. The zero-order valence-electron chi connectivity index (χ0n) is 8.25. The summed E-state index contributed by atoms with van der Waals surface area (Å²) >= 11 is 1.80. The van der Waals surface area contributed by atoms with Gasteiger partial charge in [-0.25, -0.2) is 0 Å². The lowest BCUT2D eigenvalue weighted by molar-refractivity contribution is -0.138. The molecule has 76 valence electrons. The lowest BCUT2D eigenvalue weighted by Crippen LogP contribution is -2.02. The van der Waals surface area contributed by atoms with E-state index in [1.54, 1.807) is 11.8 Å². The molecule has 0 aliphatic carbocycles. The second kappa shape index (κ2) is 6.30. The maximum Gasteiger partial charge on any atom is 0.307 e. The first-order valence-electron chi connectivity index (χ1n) is 5.14. The molecular formula is C10H18O2S. The number of hydrogen-bond acceptors (Lipinski definition) is 3. The van der Waals surface area contributed by atoms with Gasteiger partial charge in [0.25, 0.3) is 0 Å². The quantitative estimate of drug-likeness (QED) is 0.489. The van der Waals surface area contributed by atoms with Gasteiger partial charge in [0.05, 0.1) is 0 Å². The maximum absolute atomic E-state index is 10.8. The summed E-state index contributed by atoms with van der Waals surface area (Å²) in [4.78, 5) is 10.8. The molecule has 0 amide bonds. The Labute approximate surface area is 84.4 Å². The predicted molar refractivity (Wildman–Crippen MR) is 55.7 cm³/mol. The van der Waals surface area contributed by atoms with E-state index >= 15 is 0 Å². The highest BCUT2D eigenvalue weighted by molar-refractivity contribution is 7.99. The van der Waals surface area contributed by atoms with Crippen LogP contribution in [0.3, 0.4) is 0 Å². The molecule has 0 aromatic rings. The fourth-order valence-electron chi connectivity index (χ4n) is 1.36. The van der Waals surface area contributed by atoms with Gasteiger partial charge in [0, 0.05) is 12.8 Å². The molecule has 0 aromatic carbocycles. The average molecular weight is 202 g/mol. The van der Waals surface area contributed by atoms with Crippen molar-refractivity contribution in [1.29, 1.82) is 0 Å². The van der Waals surface area contributed by atoms with Crippen molar-refractivity contribution >= 4 is 17.7 Å². The van der Waals surface area contributed by atoms with Crippen molar-refractivity contribution in [3.63, 3.8) is 0 Å². The van der Waals surface area contributed by atoms with Crippen LogP contribution in [0.2, 0.25) is 0 Å². The van der Waals surface area contributed by atoms with Crippen molar-refractivity contribution in [3.05, 3.63) is 0 Å². The van der Waals surface area contributed by atoms with Crippen molar-refractivity contribution in [2.45, 2.75) is 50.9 Å². The molecule has 0 spiro atoms. The Balaban J connectivity index is 1.91. The minimum Gasteiger partial charge on any atom is -0.451 e. The van der Waals surface area contributed by atoms with E-state index in [0.29, 0.717) is 6.42 Å². The molecule has 1 fully saturated rings. The van der Waals surface area contributed by atoms with Crippen LogP contribution in [-0.2, 0) is 9.53 Å². The largest absolute Gasteiger partial charge is 0.451 e. The van der Waals surface area contributed by atoms with E-state index in [9.17, 15) is 4.79 Å². The molecule has 2 nitrogen and oxygen atoms in total. The summed E-state index contributed by atoms with van der Waals surface area (Å²) in [5, 5.41) is 0. The number of carbonyl (C=O) groups is 1. The SMILES string of the molecule is CCCCCCSC1CCC(=O)O1. The molecule has 0 saturated carbocycles. The van der Waals surface area contributed by atoms with Crippen LogP contribution in [0.4, 0.5) is 0 Å². The Bertz CT molecular complexity index is 159. The van der Waals surface area contributed by atoms with Crippen LogP contribution in [0.25, 0.3) is 0 Å². The van der Waals surface area contributed by atoms with Crippen molar-refractivity contribution in [3.8, 4) is 0 Å². The van der Waals surface area contributed by atoms with Crippen molar-refractivity contribution < 1.29 is 9.53 Å². The average Bonchev–Trinajstić information content (AvgIpc) is 2.51. The fourth-order valence-corrected chi connectivity index (χ4v) is 2.45. The molecule has 1 aliphatic rings. The van der Waals surface area contributed by atoms with Gasteiger partial charge in [-0.1, -0.05) is 26.2 Å². The summed E-state index contributed by atoms with van der Waals surface area (Å²) < 4.78 is 5.09. The van der Waals surface area contributed by atoms with E-state index in [-0.39, 0.29) is 11.4 Å². The van der Waals surface area contributed by atoms with Gasteiger partial charge in [-0.3, -0.25) is 4.79 Å². The van der Waals surface area contributed by atoms with E-state index in [1.807, 2.05) is 0 Å². The first kappa shape index (κ1) is 10.9. The first-order valence-corrected chi connectivity index (χ1v) is 6.19. The highest BCUT2D eigenvalue weighted by Crippen LogP contribution is 2.25. The molecule has 0 aromatic heterocycles. The third-order valence-corrected chi connectivity index (χ3v) is 3.38. The van der Waals surface area contributed by atoms with E-state index in [2.05, 4.69) is 6.92 Å². The van der Waals surface area contributed by atoms with Gasteiger partial charge in [-0.05, 0) is 12.2 Å². The van der Waals surface area contributed by atoms with Crippen molar-refractivity contribution in [1.82, 2.24) is 0 Å². The summed E-state index contributed by atoms with van der Waals surface area (Å²) in [5.74, 6) is 1.11. The first-order chi connectivity index (χ1) is 6.33. The van der Waals surface area contributed by atoms with E-state index in [0.717, 1.165) is 12.2 Å². The summed E-state index contributed by atoms with van der Waals surface area (Å²) in [6.45, 7) is 2.21. The Morgan fingerprint density at radius 3 is 2.92 bits per heavy atom. The Hall–Kier alpha value is -0.180. The molecule has 1 unspecified atom stereocenters. The minimum atomic E-state index is -0.0222. The topological polar surface area (TPSA) is 26.3 Å². The van der Waals surface area contributed by atoms with Gasteiger partial charge in [0.2, 0.25) is 0 Å². The molecular weight excluding hydrogens is 184 g/mol. The third-order valence-electron chi connectivity index (χ3n) is 2.15. The minimum absolute atomic E-state index is 0.0222. The van der Waals surface area contributed by atoms with Gasteiger partial charge in [-0.2, -0.15) is 0 Å². The zero-order valence-corrected chi connectivity index (χ0v) is 9.07. The third kappa shape index (κ3) is 4.55. The van der Waals surface area contributed by atoms with Crippen molar-refractivity contribution in [2.75, 3.05) is 5.75 Å². The fraction of sp³-hybridized carbons (Fsp3) is 0.900. The Morgan fingerprint density at radius 1 is 1.46 bits per heavy atom. The van der Waals surface area contributed by atoms with E-state index in [4.69, 9.17) is 4.74 Å². The number of ether oxygens (including phenoxy) is 1. The van der Waals surface area contributed by atoms with Crippen LogP contribution in [0.1, 0.15) is 45.4 Å². The van der Waals surface area contributed by atoms with Crippen LogP contribution in [0.5, 0.6) is 0 Å². The zero-order chi connectivity index (χ0) is 9.52. The molecule has 1 saturated heterocycles. The van der Waals surface area contributed by atoms with Gasteiger partial charge in [0.1, 0.15) is 5.44 Å². The van der Waals surface area contributed by atoms with E-state index in [1.165, 1.54) is 25.7 Å². The molecule has 1 atom stereocenters. The number of esters is 1. The standard InChI is InChI=1S/C10H18O2S/c1-2-3-4-5-8-13-10-7-6-9(11)12-10/h10H,2-8H2,1H3. The predicted octanol–water partition coefficient (Wildman–Crippen LogP) is 2.96. The second-order valence-electron chi connectivity index (χ2n) is 3.39. The summed E-state index contributed by atoms with van der Waals surface area (Å²) in [7, 11) is 0. The lowest BCUT2D eigenvalue weighted by atomic mass is 10.2.